The van der Waals surface area contributed by atoms with Crippen molar-refractivity contribution < 1.29 is 5.11 Å². The summed E-state index contributed by atoms with van der Waals surface area (Å²) < 4.78 is 0. The molecule has 2 rings (SSSR count). The molecule has 0 saturated heterocycles. The van der Waals surface area contributed by atoms with E-state index in [1.807, 2.05) is 6.07 Å². The average molecular weight is 190 g/mol. The SMILES string of the molecule is CC1(C)CCCc2cc(CO)ccc21. The number of aliphatic hydroxyl groups excluding tert-OH is 1. The van der Waals surface area contributed by atoms with Crippen LogP contribution in [0.1, 0.15) is 43.4 Å². The van der Waals surface area contributed by atoms with E-state index in [2.05, 4.69) is 26.0 Å². The highest BCUT2D eigenvalue weighted by Gasteiger charge is 2.26. The van der Waals surface area contributed by atoms with E-state index in [-0.39, 0.29) is 6.61 Å². The summed E-state index contributed by atoms with van der Waals surface area (Å²) in [6, 6.07) is 6.40. The van der Waals surface area contributed by atoms with Gasteiger partial charge in [0.15, 0.2) is 0 Å². The van der Waals surface area contributed by atoms with Gasteiger partial charge in [0, 0.05) is 0 Å². The quantitative estimate of drug-likeness (QED) is 0.722. The highest BCUT2D eigenvalue weighted by molar-refractivity contribution is 5.38. The average Bonchev–Trinajstić information content (AvgIpc) is 2.16. The van der Waals surface area contributed by atoms with Crippen molar-refractivity contribution >= 4 is 0 Å². The summed E-state index contributed by atoms with van der Waals surface area (Å²) >= 11 is 0. The second-order valence-electron chi connectivity index (χ2n) is 4.89. The Morgan fingerprint density at radius 3 is 2.86 bits per heavy atom. The third-order valence-electron chi connectivity index (χ3n) is 3.33. The summed E-state index contributed by atoms with van der Waals surface area (Å²) in [4.78, 5) is 0. The van der Waals surface area contributed by atoms with E-state index >= 15 is 0 Å². The van der Waals surface area contributed by atoms with Crippen molar-refractivity contribution in [3.8, 4) is 0 Å². The van der Waals surface area contributed by atoms with E-state index in [0.717, 1.165) is 5.56 Å². The Hall–Kier alpha value is -0.820. The van der Waals surface area contributed by atoms with Gasteiger partial charge < -0.3 is 5.11 Å². The minimum absolute atomic E-state index is 0.160. The lowest BCUT2D eigenvalue weighted by Crippen LogP contribution is -2.23. The summed E-state index contributed by atoms with van der Waals surface area (Å²) in [6.45, 7) is 4.78. The van der Waals surface area contributed by atoms with Gasteiger partial charge in [-0.2, -0.15) is 0 Å². The second-order valence-corrected chi connectivity index (χ2v) is 4.89. The molecule has 14 heavy (non-hydrogen) atoms. The molecule has 1 aromatic carbocycles. The Morgan fingerprint density at radius 2 is 2.14 bits per heavy atom. The van der Waals surface area contributed by atoms with Crippen LogP contribution >= 0.6 is 0 Å². The van der Waals surface area contributed by atoms with Gasteiger partial charge in [-0.25, -0.2) is 0 Å². The number of benzene rings is 1. The van der Waals surface area contributed by atoms with Gasteiger partial charge in [0.2, 0.25) is 0 Å². The van der Waals surface area contributed by atoms with Crippen LogP contribution in [0.15, 0.2) is 18.2 Å². The van der Waals surface area contributed by atoms with Crippen LogP contribution in [0, 0.1) is 0 Å². The van der Waals surface area contributed by atoms with E-state index in [9.17, 15) is 0 Å². The number of aryl methyl sites for hydroxylation is 1. The fourth-order valence-corrected chi connectivity index (χ4v) is 2.47. The van der Waals surface area contributed by atoms with Gasteiger partial charge >= 0.3 is 0 Å². The lowest BCUT2D eigenvalue weighted by molar-refractivity contribution is 0.281. The van der Waals surface area contributed by atoms with Crippen molar-refractivity contribution in [2.45, 2.75) is 45.1 Å². The Bertz CT molecular complexity index is 339. The Kier molecular flexibility index (Phi) is 2.36. The van der Waals surface area contributed by atoms with Crippen LogP contribution in [0.25, 0.3) is 0 Å². The molecule has 0 saturated carbocycles. The summed E-state index contributed by atoms with van der Waals surface area (Å²) in [7, 11) is 0. The predicted molar refractivity (Wildman–Crippen MR) is 58.3 cm³/mol. The number of fused-ring (bicyclic) bond motifs is 1. The third kappa shape index (κ3) is 1.57. The summed E-state index contributed by atoms with van der Waals surface area (Å²) in [5, 5.41) is 9.07. The zero-order chi connectivity index (χ0) is 10.2. The Balaban J connectivity index is 2.46. The van der Waals surface area contributed by atoms with Gasteiger partial charge in [-0.1, -0.05) is 32.0 Å². The maximum Gasteiger partial charge on any atom is 0.0681 e. The molecule has 0 aromatic heterocycles. The molecule has 0 heterocycles. The maximum absolute atomic E-state index is 9.07. The van der Waals surface area contributed by atoms with E-state index in [1.165, 1.54) is 30.4 Å². The molecule has 1 nitrogen and oxygen atoms in total. The summed E-state index contributed by atoms with van der Waals surface area (Å²) in [5.41, 5.74) is 4.27. The highest BCUT2D eigenvalue weighted by atomic mass is 16.3. The van der Waals surface area contributed by atoms with Gasteiger partial charge in [-0.15, -0.1) is 0 Å². The first-order chi connectivity index (χ1) is 6.63. The fraction of sp³-hybridized carbons (Fsp3) is 0.538. The molecule has 1 aliphatic carbocycles. The zero-order valence-corrected chi connectivity index (χ0v) is 9.01. The molecule has 0 aliphatic heterocycles. The van der Waals surface area contributed by atoms with Crippen molar-refractivity contribution in [3.05, 3.63) is 34.9 Å². The molecule has 0 bridgehead atoms. The largest absolute Gasteiger partial charge is 0.392 e. The third-order valence-corrected chi connectivity index (χ3v) is 3.33. The molecule has 1 N–H and O–H groups in total. The van der Waals surface area contributed by atoms with Gasteiger partial charge in [-0.05, 0) is 41.4 Å². The van der Waals surface area contributed by atoms with E-state index < -0.39 is 0 Å². The van der Waals surface area contributed by atoms with Crippen LogP contribution in [0.4, 0.5) is 0 Å². The predicted octanol–water partition coefficient (Wildman–Crippen LogP) is 2.79. The first kappa shape index (κ1) is 9.72. The van der Waals surface area contributed by atoms with Gasteiger partial charge in [0.05, 0.1) is 6.61 Å². The topological polar surface area (TPSA) is 20.2 Å². The van der Waals surface area contributed by atoms with Crippen molar-refractivity contribution in [2.24, 2.45) is 0 Å². The smallest absolute Gasteiger partial charge is 0.0681 e. The number of aliphatic hydroxyl groups is 1. The summed E-state index contributed by atoms with van der Waals surface area (Å²) in [6.07, 6.45) is 3.72. The van der Waals surface area contributed by atoms with Crippen molar-refractivity contribution in [1.29, 1.82) is 0 Å². The summed E-state index contributed by atoms with van der Waals surface area (Å²) in [5.74, 6) is 0. The standard InChI is InChI=1S/C13H18O/c1-13(2)7-3-4-11-8-10(9-14)5-6-12(11)13/h5-6,8,14H,3-4,7,9H2,1-2H3. The fourth-order valence-electron chi connectivity index (χ4n) is 2.47. The normalized spacial score (nSPS) is 19.1. The molecule has 76 valence electrons. The molecule has 0 atom stereocenters. The first-order valence-electron chi connectivity index (χ1n) is 5.36. The van der Waals surface area contributed by atoms with Crippen molar-refractivity contribution in [2.75, 3.05) is 0 Å². The van der Waals surface area contributed by atoms with E-state index in [4.69, 9.17) is 5.11 Å². The molecule has 1 aromatic rings. The highest BCUT2D eigenvalue weighted by Crippen LogP contribution is 2.36. The molecule has 0 amide bonds. The van der Waals surface area contributed by atoms with Crippen LogP contribution in [0.2, 0.25) is 0 Å². The lowest BCUT2D eigenvalue weighted by Gasteiger charge is -2.32. The Labute approximate surface area is 85.8 Å². The molecule has 0 fully saturated rings. The molecule has 0 unspecified atom stereocenters. The minimum Gasteiger partial charge on any atom is -0.392 e. The van der Waals surface area contributed by atoms with E-state index in [0.29, 0.717) is 5.41 Å². The Morgan fingerprint density at radius 1 is 1.36 bits per heavy atom. The molecule has 1 heteroatoms. The number of rotatable bonds is 1. The van der Waals surface area contributed by atoms with Gasteiger partial charge in [-0.3, -0.25) is 0 Å². The first-order valence-corrected chi connectivity index (χ1v) is 5.36. The monoisotopic (exact) mass is 190 g/mol. The molecular formula is C13H18O. The van der Waals surface area contributed by atoms with Crippen LogP contribution < -0.4 is 0 Å². The maximum atomic E-state index is 9.07. The molecular weight excluding hydrogens is 172 g/mol. The van der Waals surface area contributed by atoms with Crippen LogP contribution in [0.5, 0.6) is 0 Å². The van der Waals surface area contributed by atoms with Crippen molar-refractivity contribution in [1.82, 2.24) is 0 Å². The van der Waals surface area contributed by atoms with Crippen LogP contribution in [0.3, 0.4) is 0 Å². The second kappa shape index (κ2) is 3.39. The van der Waals surface area contributed by atoms with Gasteiger partial charge in [0.25, 0.3) is 0 Å². The van der Waals surface area contributed by atoms with E-state index in [1.54, 1.807) is 0 Å². The van der Waals surface area contributed by atoms with Crippen LogP contribution in [-0.4, -0.2) is 5.11 Å². The zero-order valence-electron chi connectivity index (χ0n) is 9.01. The van der Waals surface area contributed by atoms with Crippen LogP contribution in [-0.2, 0) is 18.4 Å². The van der Waals surface area contributed by atoms with Gasteiger partial charge in [0.1, 0.15) is 0 Å². The molecule has 1 aliphatic rings. The molecule has 0 spiro atoms. The minimum atomic E-state index is 0.160. The van der Waals surface area contributed by atoms with Crippen molar-refractivity contribution in [3.63, 3.8) is 0 Å². The lowest BCUT2D eigenvalue weighted by atomic mass is 9.72. The number of hydrogen-bond acceptors (Lipinski definition) is 1. The molecule has 0 radical (unpaired) electrons. The number of hydrogen-bond donors (Lipinski definition) is 1.